The van der Waals surface area contributed by atoms with E-state index >= 15 is 0 Å². The molecule has 0 aliphatic carbocycles. The molecule has 0 saturated heterocycles. The Bertz CT molecular complexity index is 1420. The topological polar surface area (TPSA) is 91.6 Å². The van der Waals surface area contributed by atoms with Crippen molar-refractivity contribution in [2.75, 3.05) is 39.5 Å². The van der Waals surface area contributed by atoms with Crippen molar-refractivity contribution >= 4 is 46.9 Å². The lowest BCUT2D eigenvalue weighted by Crippen LogP contribution is -2.11. The van der Waals surface area contributed by atoms with E-state index in [1.807, 2.05) is 55.6 Å². The van der Waals surface area contributed by atoms with Crippen LogP contribution >= 0.6 is 24.2 Å². The van der Waals surface area contributed by atoms with Crippen LogP contribution in [0.3, 0.4) is 0 Å². The highest BCUT2D eigenvalue weighted by Gasteiger charge is 2.28. The summed E-state index contributed by atoms with van der Waals surface area (Å²) in [6, 6.07) is 9.56. The maximum atomic E-state index is 12.7. The van der Waals surface area contributed by atoms with Crippen LogP contribution in [-0.2, 0) is 11.3 Å². The van der Waals surface area contributed by atoms with Gasteiger partial charge >= 0.3 is 5.97 Å². The first-order valence-electron chi connectivity index (χ1n) is 10.5. The van der Waals surface area contributed by atoms with Gasteiger partial charge in [0.05, 0.1) is 19.8 Å². The minimum Gasteiger partial charge on any atom is -0.493 e. The Hall–Kier alpha value is -3.50. The van der Waals surface area contributed by atoms with Gasteiger partial charge in [-0.3, -0.25) is 0 Å². The van der Waals surface area contributed by atoms with Crippen molar-refractivity contribution in [1.29, 1.82) is 0 Å². The van der Waals surface area contributed by atoms with E-state index in [-0.39, 0.29) is 25.0 Å². The maximum absolute atomic E-state index is 12.7. The molecule has 11 heteroatoms. The number of ether oxygens (including phenoxy) is 3. The second kappa shape index (κ2) is 9.63. The molecule has 0 radical (unpaired) electrons. The number of esters is 1. The minimum absolute atomic E-state index is 0. The Labute approximate surface area is 212 Å². The monoisotopic (exact) mass is 513 g/mol. The van der Waals surface area contributed by atoms with Gasteiger partial charge < -0.3 is 19.1 Å². The normalized spacial score (nSPS) is 12.2. The number of anilines is 1. The zero-order chi connectivity index (χ0) is 24.0. The average molecular weight is 514 g/mol. The van der Waals surface area contributed by atoms with Crippen molar-refractivity contribution in [3.05, 3.63) is 47.7 Å². The third kappa shape index (κ3) is 4.12. The number of benzene rings is 2. The molecule has 35 heavy (non-hydrogen) atoms. The predicted molar refractivity (Wildman–Crippen MR) is 138 cm³/mol. The molecule has 0 saturated carbocycles. The lowest BCUT2D eigenvalue weighted by molar-refractivity contribution is 0.0535. The number of halogens is 1. The van der Waals surface area contributed by atoms with E-state index in [2.05, 4.69) is 15.1 Å². The van der Waals surface area contributed by atoms with Crippen LogP contribution in [-0.4, -0.2) is 60.3 Å². The molecule has 0 spiro atoms. The van der Waals surface area contributed by atoms with Crippen LogP contribution in [0.5, 0.6) is 11.5 Å². The summed E-state index contributed by atoms with van der Waals surface area (Å²) < 4.78 is 18.1. The first-order valence-corrected chi connectivity index (χ1v) is 11.7. The van der Waals surface area contributed by atoms with Crippen molar-refractivity contribution in [2.24, 2.45) is 0 Å². The highest BCUT2D eigenvalue weighted by atomic mass is 35.5. The van der Waals surface area contributed by atoms with Crippen molar-refractivity contribution < 1.29 is 19.0 Å². The number of nitrogens with zero attached hydrogens (tertiary/aromatic N) is 5. The number of carbonyl (C=O) groups is 1. The molecule has 3 heterocycles. The van der Waals surface area contributed by atoms with E-state index in [0.717, 1.165) is 32.6 Å². The molecular weight excluding hydrogens is 490 g/mol. The Morgan fingerprint density at radius 1 is 1.09 bits per heavy atom. The van der Waals surface area contributed by atoms with Crippen LogP contribution in [0, 0.1) is 0 Å². The average Bonchev–Trinajstić information content (AvgIpc) is 3.46. The summed E-state index contributed by atoms with van der Waals surface area (Å²) in [4.78, 5) is 23.7. The van der Waals surface area contributed by atoms with Crippen LogP contribution in [0.4, 0.5) is 5.95 Å². The fourth-order valence-corrected chi connectivity index (χ4v) is 4.55. The van der Waals surface area contributed by atoms with Gasteiger partial charge in [-0.2, -0.15) is 9.67 Å². The van der Waals surface area contributed by atoms with Crippen LogP contribution in [0.25, 0.3) is 27.7 Å². The van der Waals surface area contributed by atoms with E-state index in [1.54, 1.807) is 25.1 Å². The molecule has 9 nitrogen and oxygen atoms in total. The van der Waals surface area contributed by atoms with Gasteiger partial charge in [-0.25, -0.2) is 9.78 Å². The zero-order valence-electron chi connectivity index (χ0n) is 19.9. The smallest absolute Gasteiger partial charge is 0.339 e. The number of pyridine rings is 1. The Kier molecular flexibility index (Phi) is 6.77. The van der Waals surface area contributed by atoms with Gasteiger partial charge in [0.15, 0.2) is 22.5 Å². The van der Waals surface area contributed by atoms with Gasteiger partial charge in [-0.1, -0.05) is 11.8 Å². The zero-order valence-corrected chi connectivity index (χ0v) is 21.5. The van der Waals surface area contributed by atoms with Gasteiger partial charge in [-0.05, 0) is 47.4 Å². The largest absolute Gasteiger partial charge is 0.493 e. The lowest BCUT2D eigenvalue weighted by Gasteiger charge is -2.15. The quantitative estimate of drug-likeness (QED) is 0.275. The lowest BCUT2D eigenvalue weighted by atomic mass is 9.91. The predicted octanol–water partition coefficient (Wildman–Crippen LogP) is 4.38. The third-order valence-corrected chi connectivity index (χ3v) is 6.32. The molecule has 0 atom stereocenters. The summed E-state index contributed by atoms with van der Waals surface area (Å²) in [5, 5.41) is 7.06. The summed E-state index contributed by atoms with van der Waals surface area (Å²) in [7, 11) is 6.97. The molecule has 2 aromatic heterocycles. The Morgan fingerprint density at radius 2 is 1.83 bits per heavy atom. The highest BCUT2D eigenvalue weighted by Crippen LogP contribution is 2.42. The Balaban J connectivity index is 0.00000289. The summed E-state index contributed by atoms with van der Waals surface area (Å²) in [5.41, 5.74) is 2.93. The number of fused-ring (bicyclic) bond motifs is 2. The number of hydrogen-bond acceptors (Lipinski definition) is 9. The van der Waals surface area contributed by atoms with Crippen LogP contribution in [0.1, 0.15) is 15.9 Å². The van der Waals surface area contributed by atoms with Crippen molar-refractivity contribution in [1.82, 2.24) is 19.7 Å². The number of carbonyl (C=O) groups excluding carboxylic acids is 1. The first-order chi connectivity index (χ1) is 16.4. The van der Waals surface area contributed by atoms with E-state index in [1.165, 1.54) is 11.8 Å². The highest BCUT2D eigenvalue weighted by molar-refractivity contribution is 7.98. The van der Waals surface area contributed by atoms with E-state index in [0.29, 0.717) is 28.8 Å². The number of aromatic nitrogens is 4. The second-order valence-corrected chi connectivity index (χ2v) is 8.67. The maximum Gasteiger partial charge on any atom is 0.339 e. The molecule has 0 bridgehead atoms. The SMILES string of the molecule is COc1cc2cc3c(c(-c4ccc(-n5nc(N(C)C)nc5SC)nc4)c2cc1OC)C(=O)OC3.Cl. The van der Waals surface area contributed by atoms with E-state index < -0.39 is 0 Å². The van der Waals surface area contributed by atoms with Crippen LogP contribution in [0.2, 0.25) is 0 Å². The number of cyclic esters (lactones) is 1. The van der Waals surface area contributed by atoms with Crippen molar-refractivity contribution in [2.45, 2.75) is 11.8 Å². The molecule has 1 aliphatic rings. The van der Waals surface area contributed by atoms with Crippen LogP contribution < -0.4 is 14.4 Å². The third-order valence-electron chi connectivity index (χ3n) is 5.69. The van der Waals surface area contributed by atoms with Crippen molar-refractivity contribution in [3.63, 3.8) is 0 Å². The molecule has 1 aliphatic heterocycles. The van der Waals surface area contributed by atoms with E-state index in [4.69, 9.17) is 14.2 Å². The molecule has 0 N–H and O–H groups in total. The van der Waals surface area contributed by atoms with Gasteiger partial charge in [0, 0.05) is 37.0 Å². The van der Waals surface area contributed by atoms with Crippen LogP contribution in [0.15, 0.2) is 41.7 Å². The number of methoxy groups -OCH3 is 2. The molecular formula is C24H24ClN5O4S. The fraction of sp³-hybridized carbons (Fsp3) is 0.250. The standard InChI is InChI=1S/C24H23N5O4S.ClH/c1-28(2)23-26-24(34-5)29(27-23)19-7-6-13(11-25-19)20-16-10-18(32-4)17(31-3)9-14(16)8-15-12-33-22(30)21(15)20;/h6-11H,12H2,1-5H3;1H. The molecule has 0 unspecified atom stereocenters. The second-order valence-electron chi connectivity index (χ2n) is 7.90. The number of thioether (sulfide) groups is 1. The molecule has 0 fully saturated rings. The van der Waals surface area contributed by atoms with E-state index in [9.17, 15) is 4.79 Å². The summed E-state index contributed by atoms with van der Waals surface area (Å²) in [6.07, 6.45) is 3.69. The molecule has 2 aromatic carbocycles. The summed E-state index contributed by atoms with van der Waals surface area (Å²) >= 11 is 1.49. The van der Waals surface area contributed by atoms with Crippen molar-refractivity contribution in [3.8, 4) is 28.4 Å². The molecule has 5 rings (SSSR count). The first kappa shape index (κ1) is 24.6. The van der Waals surface area contributed by atoms with Gasteiger partial charge in [0.2, 0.25) is 5.95 Å². The summed E-state index contributed by atoms with van der Waals surface area (Å²) in [6.45, 7) is 0.236. The molecule has 4 aromatic rings. The molecule has 0 amide bonds. The van der Waals surface area contributed by atoms with Gasteiger partial charge in [-0.15, -0.1) is 17.5 Å². The van der Waals surface area contributed by atoms with Gasteiger partial charge in [0.25, 0.3) is 0 Å². The number of hydrogen-bond donors (Lipinski definition) is 0. The van der Waals surface area contributed by atoms with Gasteiger partial charge in [0.1, 0.15) is 6.61 Å². The molecule has 182 valence electrons. The fourth-order valence-electron chi connectivity index (χ4n) is 4.07. The minimum atomic E-state index is -0.345. The number of rotatable bonds is 6. The Morgan fingerprint density at radius 3 is 2.46 bits per heavy atom. The summed E-state index contributed by atoms with van der Waals surface area (Å²) in [5.74, 6) is 2.09.